The molecule has 0 heterocycles. The molecule has 1 unspecified atom stereocenters. The Morgan fingerprint density at radius 1 is 1.04 bits per heavy atom. The van der Waals surface area contributed by atoms with Crippen molar-refractivity contribution < 1.29 is 9.84 Å². The summed E-state index contributed by atoms with van der Waals surface area (Å²) in [5.41, 5.74) is 2.36. The fourth-order valence-corrected chi connectivity index (χ4v) is 2.47. The van der Waals surface area contributed by atoms with Crippen molar-refractivity contribution in [3.8, 4) is 0 Å². The lowest BCUT2D eigenvalue weighted by Crippen LogP contribution is -2.32. The van der Waals surface area contributed by atoms with Crippen molar-refractivity contribution in [2.24, 2.45) is 0 Å². The molecule has 2 aromatic carbocycles. The summed E-state index contributed by atoms with van der Waals surface area (Å²) in [5.74, 6) is 0. The second-order valence-corrected chi connectivity index (χ2v) is 5.97. The van der Waals surface area contributed by atoms with Gasteiger partial charge in [-0.05, 0) is 30.7 Å². The Bertz CT molecular complexity index is 548. The first-order valence-corrected chi connectivity index (χ1v) is 8.52. The van der Waals surface area contributed by atoms with Crippen LogP contribution in [0.4, 0.5) is 5.69 Å². The van der Waals surface area contributed by atoms with Gasteiger partial charge in [-0.3, -0.25) is 0 Å². The molecule has 2 N–H and O–H groups in total. The van der Waals surface area contributed by atoms with Gasteiger partial charge in [0.2, 0.25) is 0 Å². The number of aliphatic hydroxyl groups excluding tert-OH is 1. The molecule has 0 aliphatic heterocycles. The summed E-state index contributed by atoms with van der Waals surface area (Å²) in [6, 6.07) is 20.4. The van der Waals surface area contributed by atoms with Crippen molar-refractivity contribution in [1.29, 1.82) is 0 Å². The van der Waals surface area contributed by atoms with Gasteiger partial charge in [0.15, 0.2) is 0 Å². The number of aliphatic hydroxyl groups is 1. The number of hydrogen-bond donors (Lipinski definition) is 2. The number of nitrogens with one attached hydrogen (secondary N) is 1. The average molecular weight is 328 g/mol. The summed E-state index contributed by atoms with van der Waals surface area (Å²) in [4.78, 5) is 2.24. The fourth-order valence-electron chi connectivity index (χ4n) is 2.47. The minimum atomic E-state index is -0.472. The van der Waals surface area contributed by atoms with Crippen LogP contribution >= 0.6 is 0 Å². The Kier molecular flexibility index (Phi) is 8.32. The van der Waals surface area contributed by atoms with Gasteiger partial charge in [-0.2, -0.15) is 0 Å². The van der Waals surface area contributed by atoms with E-state index in [2.05, 4.69) is 41.5 Å². The van der Waals surface area contributed by atoms with E-state index in [0.29, 0.717) is 19.8 Å². The Labute approximate surface area is 145 Å². The molecule has 0 aliphatic carbocycles. The summed E-state index contributed by atoms with van der Waals surface area (Å²) in [5, 5.41) is 13.2. The zero-order chi connectivity index (χ0) is 17.0. The first-order chi connectivity index (χ1) is 11.8. The van der Waals surface area contributed by atoms with Gasteiger partial charge in [-0.25, -0.2) is 0 Å². The number of nitrogens with zero attached hydrogens (tertiary/aromatic N) is 1. The predicted octanol–water partition coefficient (Wildman–Crippen LogP) is 2.68. The van der Waals surface area contributed by atoms with Crippen LogP contribution in [0.15, 0.2) is 60.7 Å². The third-order valence-corrected chi connectivity index (χ3v) is 3.85. The quantitative estimate of drug-likeness (QED) is 0.623. The molecule has 0 spiro atoms. The molecule has 0 amide bonds. The average Bonchev–Trinajstić information content (AvgIpc) is 2.63. The van der Waals surface area contributed by atoms with E-state index in [1.165, 1.54) is 5.69 Å². The van der Waals surface area contributed by atoms with Crippen molar-refractivity contribution in [2.45, 2.75) is 19.1 Å². The highest BCUT2D eigenvalue weighted by atomic mass is 16.5. The lowest BCUT2D eigenvalue weighted by atomic mass is 10.2. The Morgan fingerprint density at radius 3 is 2.42 bits per heavy atom. The lowest BCUT2D eigenvalue weighted by molar-refractivity contribution is 0.0289. The second-order valence-electron chi connectivity index (χ2n) is 5.97. The molecule has 0 fully saturated rings. The number of benzene rings is 2. The van der Waals surface area contributed by atoms with E-state index in [9.17, 15) is 5.11 Å². The number of anilines is 1. The molecule has 24 heavy (non-hydrogen) atoms. The maximum Gasteiger partial charge on any atom is 0.0897 e. The third-order valence-electron chi connectivity index (χ3n) is 3.85. The third kappa shape index (κ3) is 7.13. The maximum atomic E-state index is 9.92. The van der Waals surface area contributed by atoms with Gasteiger partial charge >= 0.3 is 0 Å². The number of rotatable bonds is 11. The topological polar surface area (TPSA) is 44.7 Å². The number of para-hydroxylation sites is 1. The molecular weight excluding hydrogens is 300 g/mol. The summed E-state index contributed by atoms with van der Waals surface area (Å²) < 4.78 is 5.54. The zero-order valence-corrected chi connectivity index (χ0v) is 14.4. The first-order valence-electron chi connectivity index (χ1n) is 8.52. The van der Waals surface area contributed by atoms with E-state index in [0.717, 1.165) is 25.1 Å². The molecule has 2 aromatic rings. The molecular formula is C20H28N2O2. The van der Waals surface area contributed by atoms with E-state index in [1.807, 2.05) is 36.4 Å². The van der Waals surface area contributed by atoms with Crippen LogP contribution in [-0.2, 0) is 11.3 Å². The smallest absolute Gasteiger partial charge is 0.0897 e. The summed E-state index contributed by atoms with van der Waals surface area (Å²) in [6.07, 6.45) is 0.559. The molecule has 0 saturated carbocycles. The van der Waals surface area contributed by atoms with Crippen LogP contribution < -0.4 is 10.2 Å². The lowest BCUT2D eigenvalue weighted by Gasteiger charge is -2.19. The standard InChI is InChI=1S/C20H28N2O2/c1-22(19-11-6-3-7-12-19)14-8-13-21-15-20(23)17-24-16-18-9-4-2-5-10-18/h2-7,9-12,20-21,23H,8,13-17H2,1H3. The molecule has 0 aromatic heterocycles. The summed E-state index contributed by atoms with van der Waals surface area (Å²) >= 11 is 0. The van der Waals surface area contributed by atoms with Crippen LogP contribution in [0.3, 0.4) is 0 Å². The zero-order valence-electron chi connectivity index (χ0n) is 14.4. The highest BCUT2D eigenvalue weighted by Gasteiger charge is 2.04. The van der Waals surface area contributed by atoms with Crippen molar-refractivity contribution in [1.82, 2.24) is 5.32 Å². The van der Waals surface area contributed by atoms with Crippen molar-refractivity contribution in [2.75, 3.05) is 38.2 Å². The SMILES string of the molecule is CN(CCCNCC(O)COCc1ccccc1)c1ccccc1. The van der Waals surface area contributed by atoms with Gasteiger partial charge < -0.3 is 20.1 Å². The highest BCUT2D eigenvalue weighted by Crippen LogP contribution is 2.10. The molecule has 0 saturated heterocycles. The van der Waals surface area contributed by atoms with Crippen LogP contribution in [0.1, 0.15) is 12.0 Å². The largest absolute Gasteiger partial charge is 0.389 e. The predicted molar refractivity (Wildman–Crippen MR) is 99.3 cm³/mol. The monoisotopic (exact) mass is 328 g/mol. The van der Waals surface area contributed by atoms with Crippen LogP contribution in [-0.4, -0.2) is 44.5 Å². The van der Waals surface area contributed by atoms with Crippen LogP contribution in [0.25, 0.3) is 0 Å². The minimum Gasteiger partial charge on any atom is -0.389 e. The van der Waals surface area contributed by atoms with Crippen LogP contribution in [0, 0.1) is 0 Å². The van der Waals surface area contributed by atoms with E-state index < -0.39 is 6.10 Å². The van der Waals surface area contributed by atoms with E-state index in [1.54, 1.807) is 0 Å². The van der Waals surface area contributed by atoms with Crippen molar-refractivity contribution >= 4 is 5.69 Å². The second kappa shape index (κ2) is 10.8. The van der Waals surface area contributed by atoms with Gasteiger partial charge in [0.1, 0.15) is 0 Å². The van der Waals surface area contributed by atoms with Gasteiger partial charge in [-0.1, -0.05) is 48.5 Å². The van der Waals surface area contributed by atoms with Crippen LogP contribution in [0.5, 0.6) is 0 Å². The van der Waals surface area contributed by atoms with E-state index >= 15 is 0 Å². The normalized spacial score (nSPS) is 12.1. The number of hydrogen-bond acceptors (Lipinski definition) is 4. The molecule has 2 rings (SSSR count). The van der Waals surface area contributed by atoms with Crippen molar-refractivity contribution in [3.05, 3.63) is 66.2 Å². The molecule has 1 atom stereocenters. The minimum absolute atomic E-state index is 0.353. The Hall–Kier alpha value is -1.88. The Balaban J connectivity index is 1.49. The highest BCUT2D eigenvalue weighted by molar-refractivity contribution is 5.44. The van der Waals surface area contributed by atoms with E-state index in [-0.39, 0.29) is 0 Å². The summed E-state index contributed by atoms with van der Waals surface area (Å²) in [7, 11) is 2.10. The number of ether oxygens (including phenoxy) is 1. The first kappa shape index (κ1) is 18.5. The molecule has 0 bridgehead atoms. The molecule has 0 radical (unpaired) electrons. The molecule has 4 nitrogen and oxygen atoms in total. The molecule has 4 heteroatoms. The van der Waals surface area contributed by atoms with Crippen LogP contribution in [0.2, 0.25) is 0 Å². The fraction of sp³-hybridized carbons (Fsp3) is 0.400. The van der Waals surface area contributed by atoms with Gasteiger partial charge in [0, 0.05) is 25.8 Å². The maximum absolute atomic E-state index is 9.92. The van der Waals surface area contributed by atoms with Gasteiger partial charge in [0.05, 0.1) is 19.3 Å². The molecule has 130 valence electrons. The van der Waals surface area contributed by atoms with Crippen molar-refractivity contribution in [3.63, 3.8) is 0 Å². The van der Waals surface area contributed by atoms with Gasteiger partial charge in [-0.15, -0.1) is 0 Å². The van der Waals surface area contributed by atoms with Gasteiger partial charge in [0.25, 0.3) is 0 Å². The Morgan fingerprint density at radius 2 is 1.71 bits per heavy atom. The van der Waals surface area contributed by atoms with E-state index in [4.69, 9.17) is 4.74 Å². The summed E-state index contributed by atoms with van der Waals surface area (Å²) in [6.45, 7) is 3.32. The molecule has 0 aliphatic rings.